The molecule has 2 rings (SSSR count). The molecule has 1 aliphatic rings. The van der Waals surface area contributed by atoms with Crippen molar-refractivity contribution >= 4 is 41.5 Å². The Labute approximate surface area is 172 Å². The van der Waals surface area contributed by atoms with Crippen LogP contribution in [0.15, 0.2) is 23.2 Å². The van der Waals surface area contributed by atoms with Crippen molar-refractivity contribution in [3.8, 4) is 5.75 Å². The van der Waals surface area contributed by atoms with Crippen LogP contribution in [0.1, 0.15) is 25.3 Å². The molecule has 0 aliphatic heterocycles. The number of hydrogen-bond donors (Lipinski definition) is 2. The highest BCUT2D eigenvalue weighted by atomic mass is 127. The lowest BCUT2D eigenvalue weighted by Gasteiger charge is -2.12. The van der Waals surface area contributed by atoms with Crippen molar-refractivity contribution in [3.05, 3.63) is 28.8 Å². The Balaban J connectivity index is 0.00000312. The van der Waals surface area contributed by atoms with Gasteiger partial charge in [0, 0.05) is 24.7 Å². The van der Waals surface area contributed by atoms with Crippen molar-refractivity contribution in [1.29, 1.82) is 0 Å². The summed E-state index contributed by atoms with van der Waals surface area (Å²) in [6.07, 6.45) is 3.47. The zero-order valence-electron chi connectivity index (χ0n) is 15.0. The molecular formula is C18H29ClIN3O2. The third-order valence-corrected chi connectivity index (χ3v) is 4.20. The number of nitrogens with one attached hydrogen (secondary N) is 2. The molecule has 0 unspecified atom stereocenters. The van der Waals surface area contributed by atoms with Crippen molar-refractivity contribution in [1.82, 2.24) is 10.6 Å². The smallest absolute Gasteiger partial charge is 0.191 e. The number of aliphatic imine (C=N–C) groups is 1. The normalized spacial score (nSPS) is 14.0. The minimum atomic E-state index is 0. The lowest BCUT2D eigenvalue weighted by atomic mass is 10.1. The second kappa shape index (κ2) is 12.6. The van der Waals surface area contributed by atoms with Crippen LogP contribution in [0.25, 0.3) is 0 Å². The van der Waals surface area contributed by atoms with Gasteiger partial charge in [-0.05, 0) is 49.8 Å². The molecule has 25 heavy (non-hydrogen) atoms. The Kier molecular flexibility index (Phi) is 11.2. The quantitative estimate of drug-likeness (QED) is 0.232. The maximum Gasteiger partial charge on any atom is 0.191 e. The van der Waals surface area contributed by atoms with E-state index in [0.717, 1.165) is 54.3 Å². The van der Waals surface area contributed by atoms with Gasteiger partial charge in [-0.25, -0.2) is 0 Å². The van der Waals surface area contributed by atoms with E-state index in [-0.39, 0.29) is 24.0 Å². The van der Waals surface area contributed by atoms with E-state index in [0.29, 0.717) is 13.2 Å². The predicted molar refractivity (Wildman–Crippen MR) is 115 cm³/mol. The van der Waals surface area contributed by atoms with Crippen molar-refractivity contribution in [2.24, 2.45) is 10.9 Å². The summed E-state index contributed by atoms with van der Waals surface area (Å²) in [4.78, 5) is 4.53. The van der Waals surface area contributed by atoms with Gasteiger partial charge in [-0.2, -0.15) is 0 Å². The second-order valence-electron chi connectivity index (χ2n) is 5.91. The lowest BCUT2D eigenvalue weighted by molar-refractivity contribution is 0.131. The summed E-state index contributed by atoms with van der Waals surface area (Å²) >= 11 is 6.26. The molecule has 1 saturated carbocycles. The fraction of sp³-hybridized carbons (Fsp3) is 0.611. The van der Waals surface area contributed by atoms with Crippen LogP contribution < -0.4 is 15.4 Å². The Bertz CT molecular complexity index is 539. The maximum atomic E-state index is 6.26. The van der Waals surface area contributed by atoms with Gasteiger partial charge in [0.05, 0.1) is 20.3 Å². The number of guanidine groups is 1. The molecule has 0 bridgehead atoms. The van der Waals surface area contributed by atoms with Crippen molar-refractivity contribution in [2.45, 2.75) is 26.2 Å². The third-order valence-electron chi connectivity index (χ3n) is 3.85. The van der Waals surface area contributed by atoms with Gasteiger partial charge in [0.1, 0.15) is 5.75 Å². The van der Waals surface area contributed by atoms with Crippen molar-refractivity contribution in [3.63, 3.8) is 0 Å². The Hall–Kier alpha value is -0.730. The summed E-state index contributed by atoms with van der Waals surface area (Å²) in [5.74, 6) is 2.39. The largest absolute Gasteiger partial charge is 0.497 e. The molecule has 1 aliphatic carbocycles. The molecule has 7 heteroatoms. The molecular weight excluding hydrogens is 453 g/mol. The molecule has 0 spiro atoms. The highest BCUT2D eigenvalue weighted by Crippen LogP contribution is 2.28. The van der Waals surface area contributed by atoms with Gasteiger partial charge in [-0.3, -0.25) is 4.99 Å². The monoisotopic (exact) mass is 481 g/mol. The van der Waals surface area contributed by atoms with E-state index < -0.39 is 0 Å². The molecule has 0 atom stereocenters. The first-order chi connectivity index (χ1) is 11.7. The van der Waals surface area contributed by atoms with E-state index in [1.807, 2.05) is 18.2 Å². The summed E-state index contributed by atoms with van der Waals surface area (Å²) in [5, 5.41) is 7.30. The molecule has 0 radical (unpaired) electrons. The average molecular weight is 482 g/mol. The fourth-order valence-corrected chi connectivity index (χ4v) is 2.54. The van der Waals surface area contributed by atoms with Crippen molar-refractivity contribution in [2.75, 3.05) is 40.0 Å². The SMILES string of the molecule is CCNC(=NCCOCC1CC1)NCCc1ccc(OC)cc1Cl.I. The van der Waals surface area contributed by atoms with Gasteiger partial charge in [0.2, 0.25) is 0 Å². The van der Waals surface area contributed by atoms with Gasteiger partial charge in [0.15, 0.2) is 5.96 Å². The number of methoxy groups -OCH3 is 1. The summed E-state index contributed by atoms with van der Waals surface area (Å²) in [6.45, 7) is 5.89. The van der Waals surface area contributed by atoms with Crippen LogP contribution in [0.3, 0.4) is 0 Å². The molecule has 0 saturated heterocycles. The van der Waals surface area contributed by atoms with Crippen LogP contribution >= 0.6 is 35.6 Å². The topological polar surface area (TPSA) is 54.9 Å². The van der Waals surface area contributed by atoms with Crippen LogP contribution in [0.4, 0.5) is 0 Å². The molecule has 0 aromatic heterocycles. The van der Waals surface area contributed by atoms with Gasteiger partial charge in [0.25, 0.3) is 0 Å². The van der Waals surface area contributed by atoms with Crippen LogP contribution in [-0.4, -0.2) is 45.9 Å². The number of ether oxygens (including phenoxy) is 2. The van der Waals surface area contributed by atoms with Crippen LogP contribution in [0, 0.1) is 5.92 Å². The third kappa shape index (κ3) is 8.96. The highest BCUT2D eigenvalue weighted by Gasteiger charge is 2.20. The van der Waals surface area contributed by atoms with Gasteiger partial charge in [-0.15, -0.1) is 24.0 Å². The summed E-state index contributed by atoms with van der Waals surface area (Å²) in [5.41, 5.74) is 1.09. The summed E-state index contributed by atoms with van der Waals surface area (Å²) < 4.78 is 10.8. The fourth-order valence-electron chi connectivity index (χ4n) is 2.27. The number of rotatable bonds is 10. The minimum Gasteiger partial charge on any atom is -0.497 e. The molecule has 142 valence electrons. The summed E-state index contributed by atoms with van der Waals surface area (Å²) in [6, 6.07) is 5.77. The number of hydrogen-bond acceptors (Lipinski definition) is 3. The molecule has 1 fully saturated rings. The van der Waals surface area contributed by atoms with Gasteiger partial charge < -0.3 is 20.1 Å². The van der Waals surface area contributed by atoms with Crippen LogP contribution in [0.2, 0.25) is 5.02 Å². The van der Waals surface area contributed by atoms with Crippen LogP contribution in [0.5, 0.6) is 5.75 Å². The molecule has 0 amide bonds. The lowest BCUT2D eigenvalue weighted by Crippen LogP contribution is -2.38. The molecule has 1 aromatic rings. The average Bonchev–Trinajstić information content (AvgIpc) is 3.40. The predicted octanol–water partition coefficient (Wildman–Crippen LogP) is 3.49. The number of halogens is 2. The number of benzene rings is 1. The molecule has 0 heterocycles. The highest BCUT2D eigenvalue weighted by molar-refractivity contribution is 14.0. The van der Waals surface area contributed by atoms with E-state index in [4.69, 9.17) is 21.1 Å². The molecule has 1 aromatic carbocycles. The van der Waals surface area contributed by atoms with Crippen LogP contribution in [-0.2, 0) is 11.2 Å². The van der Waals surface area contributed by atoms with E-state index in [1.54, 1.807) is 7.11 Å². The Morgan fingerprint density at radius 3 is 2.76 bits per heavy atom. The minimum absolute atomic E-state index is 0. The Morgan fingerprint density at radius 1 is 1.32 bits per heavy atom. The standard InChI is InChI=1S/C18H28ClN3O2.HI/c1-3-20-18(22-10-11-24-13-14-4-5-14)21-9-8-15-6-7-16(23-2)12-17(15)19;/h6-7,12,14H,3-5,8-11,13H2,1-2H3,(H2,20,21,22);1H. The molecule has 5 nitrogen and oxygen atoms in total. The van der Waals surface area contributed by atoms with Gasteiger partial charge >= 0.3 is 0 Å². The first-order valence-corrected chi connectivity index (χ1v) is 9.03. The first-order valence-electron chi connectivity index (χ1n) is 8.65. The van der Waals surface area contributed by atoms with E-state index in [1.165, 1.54) is 12.8 Å². The second-order valence-corrected chi connectivity index (χ2v) is 6.32. The maximum absolute atomic E-state index is 6.26. The first kappa shape index (κ1) is 22.3. The molecule has 2 N–H and O–H groups in total. The zero-order chi connectivity index (χ0) is 17.2. The summed E-state index contributed by atoms with van der Waals surface area (Å²) in [7, 11) is 1.64. The Morgan fingerprint density at radius 2 is 2.12 bits per heavy atom. The van der Waals surface area contributed by atoms with Gasteiger partial charge in [-0.1, -0.05) is 17.7 Å². The van der Waals surface area contributed by atoms with E-state index >= 15 is 0 Å². The zero-order valence-corrected chi connectivity index (χ0v) is 18.1. The van der Waals surface area contributed by atoms with E-state index in [9.17, 15) is 0 Å². The van der Waals surface area contributed by atoms with Crippen molar-refractivity contribution < 1.29 is 9.47 Å². The van der Waals surface area contributed by atoms with E-state index in [2.05, 4.69) is 22.5 Å². The number of nitrogens with zero attached hydrogens (tertiary/aromatic N) is 1.